The second-order valence-electron chi connectivity index (χ2n) is 3.94. The summed E-state index contributed by atoms with van der Waals surface area (Å²) in [5, 5.41) is 5.83. The van der Waals surface area contributed by atoms with Crippen LogP contribution in [0.5, 0.6) is 0 Å². The van der Waals surface area contributed by atoms with Gasteiger partial charge in [0, 0.05) is 13.1 Å². The Morgan fingerprint density at radius 1 is 1.25 bits per heavy atom. The maximum Gasteiger partial charge on any atom is 0.234 e. The van der Waals surface area contributed by atoms with Crippen LogP contribution in [0.4, 0.5) is 0 Å². The Labute approximate surface area is 98.5 Å². The van der Waals surface area contributed by atoms with Crippen LogP contribution in [0.2, 0.25) is 0 Å². The van der Waals surface area contributed by atoms with E-state index in [4.69, 9.17) is 4.74 Å². The van der Waals surface area contributed by atoms with Crippen LogP contribution in [-0.2, 0) is 9.53 Å². The summed E-state index contributed by atoms with van der Waals surface area (Å²) in [6.45, 7) is 6.12. The van der Waals surface area contributed by atoms with E-state index in [1.54, 1.807) is 0 Å². The van der Waals surface area contributed by atoms with Crippen LogP contribution < -0.4 is 10.6 Å². The molecule has 0 atom stereocenters. The zero-order chi connectivity index (χ0) is 12.2. The van der Waals surface area contributed by atoms with Gasteiger partial charge in [-0.2, -0.15) is 0 Å². The molecule has 0 aliphatic heterocycles. The van der Waals surface area contributed by atoms with Crippen molar-refractivity contribution in [2.24, 2.45) is 0 Å². The number of amides is 1. The van der Waals surface area contributed by atoms with E-state index in [0.29, 0.717) is 26.3 Å². The molecule has 5 nitrogen and oxygen atoms in total. The highest BCUT2D eigenvalue weighted by molar-refractivity contribution is 5.77. The van der Waals surface area contributed by atoms with Crippen molar-refractivity contribution in [1.29, 1.82) is 0 Å². The maximum absolute atomic E-state index is 11.2. The van der Waals surface area contributed by atoms with Crippen molar-refractivity contribution in [3.63, 3.8) is 0 Å². The molecule has 16 heavy (non-hydrogen) atoms. The Bertz CT molecular complexity index is 175. The Morgan fingerprint density at radius 2 is 2.00 bits per heavy atom. The molecule has 0 rings (SSSR count). The van der Waals surface area contributed by atoms with E-state index in [1.165, 1.54) is 0 Å². The number of nitrogens with one attached hydrogen (secondary N) is 2. The lowest BCUT2D eigenvalue weighted by Gasteiger charge is -2.10. The molecule has 0 aliphatic rings. The normalized spacial score (nSPS) is 10.8. The molecule has 0 aliphatic carbocycles. The number of nitrogens with zero attached hydrogens (tertiary/aromatic N) is 1. The molecule has 0 unspecified atom stereocenters. The first-order chi connectivity index (χ1) is 7.66. The van der Waals surface area contributed by atoms with Gasteiger partial charge in [0.1, 0.15) is 0 Å². The molecule has 0 saturated carbocycles. The van der Waals surface area contributed by atoms with Crippen LogP contribution in [0.3, 0.4) is 0 Å². The van der Waals surface area contributed by atoms with Crippen LogP contribution in [0.25, 0.3) is 0 Å². The third kappa shape index (κ3) is 11.4. The highest BCUT2D eigenvalue weighted by atomic mass is 16.5. The molecule has 0 radical (unpaired) electrons. The van der Waals surface area contributed by atoms with E-state index in [2.05, 4.69) is 22.5 Å². The SMILES string of the molecule is CCCNCC(=O)NCCOCCN(C)C. The van der Waals surface area contributed by atoms with Crippen molar-refractivity contribution in [3.05, 3.63) is 0 Å². The van der Waals surface area contributed by atoms with Crippen molar-refractivity contribution < 1.29 is 9.53 Å². The number of likely N-dealkylation sites (N-methyl/N-ethyl adjacent to an activating group) is 1. The molecule has 5 heteroatoms. The summed E-state index contributed by atoms with van der Waals surface area (Å²) in [6.07, 6.45) is 1.04. The topological polar surface area (TPSA) is 53.6 Å². The minimum Gasteiger partial charge on any atom is -0.378 e. The second-order valence-corrected chi connectivity index (χ2v) is 3.94. The summed E-state index contributed by atoms with van der Waals surface area (Å²) in [6, 6.07) is 0. The van der Waals surface area contributed by atoms with Crippen molar-refractivity contribution in [2.75, 3.05) is 53.5 Å². The summed E-state index contributed by atoms with van der Waals surface area (Å²) in [5.74, 6) is 0.0321. The van der Waals surface area contributed by atoms with Gasteiger partial charge in [-0.05, 0) is 27.1 Å². The molecule has 0 aromatic heterocycles. The van der Waals surface area contributed by atoms with Crippen molar-refractivity contribution in [1.82, 2.24) is 15.5 Å². The molecule has 1 amide bonds. The zero-order valence-electron chi connectivity index (χ0n) is 10.7. The number of hydrogen-bond acceptors (Lipinski definition) is 4. The molecule has 0 bridgehead atoms. The summed E-state index contributed by atoms with van der Waals surface area (Å²) in [7, 11) is 4.01. The van der Waals surface area contributed by atoms with Crippen LogP contribution in [0.1, 0.15) is 13.3 Å². The average molecular weight is 231 g/mol. The lowest BCUT2D eigenvalue weighted by Crippen LogP contribution is -2.36. The average Bonchev–Trinajstić information content (AvgIpc) is 2.23. The lowest BCUT2D eigenvalue weighted by atomic mass is 10.4. The standard InChI is InChI=1S/C11H25N3O2/c1-4-5-12-10-11(15)13-6-8-16-9-7-14(2)3/h12H,4-10H2,1-3H3,(H,13,15). The van der Waals surface area contributed by atoms with Gasteiger partial charge in [-0.1, -0.05) is 6.92 Å². The van der Waals surface area contributed by atoms with E-state index >= 15 is 0 Å². The molecule has 0 heterocycles. The first-order valence-corrected chi connectivity index (χ1v) is 5.86. The largest absolute Gasteiger partial charge is 0.378 e. The number of rotatable bonds is 10. The number of ether oxygens (including phenoxy) is 1. The Kier molecular flexibility index (Phi) is 10.4. The van der Waals surface area contributed by atoms with Crippen molar-refractivity contribution >= 4 is 5.91 Å². The third-order valence-corrected chi connectivity index (χ3v) is 1.96. The van der Waals surface area contributed by atoms with E-state index in [0.717, 1.165) is 19.5 Å². The quantitative estimate of drug-likeness (QED) is 0.506. The van der Waals surface area contributed by atoms with E-state index < -0.39 is 0 Å². The van der Waals surface area contributed by atoms with Crippen LogP contribution in [-0.4, -0.2) is 64.3 Å². The minimum absolute atomic E-state index is 0.0321. The van der Waals surface area contributed by atoms with Crippen molar-refractivity contribution in [3.8, 4) is 0 Å². The molecule has 0 saturated heterocycles. The monoisotopic (exact) mass is 231 g/mol. The summed E-state index contributed by atoms with van der Waals surface area (Å²) >= 11 is 0. The van der Waals surface area contributed by atoms with Crippen LogP contribution in [0.15, 0.2) is 0 Å². The second kappa shape index (κ2) is 10.9. The van der Waals surface area contributed by atoms with E-state index in [-0.39, 0.29) is 5.91 Å². The van der Waals surface area contributed by atoms with Gasteiger partial charge in [0.05, 0.1) is 19.8 Å². The molecule has 2 N–H and O–H groups in total. The minimum atomic E-state index is 0.0321. The highest BCUT2D eigenvalue weighted by Crippen LogP contribution is 1.78. The maximum atomic E-state index is 11.2. The van der Waals surface area contributed by atoms with Gasteiger partial charge in [-0.25, -0.2) is 0 Å². The van der Waals surface area contributed by atoms with Gasteiger partial charge in [0.2, 0.25) is 5.91 Å². The van der Waals surface area contributed by atoms with Crippen LogP contribution >= 0.6 is 0 Å². The molecular weight excluding hydrogens is 206 g/mol. The highest BCUT2D eigenvalue weighted by Gasteiger charge is 1.98. The predicted molar refractivity (Wildman–Crippen MR) is 65.5 cm³/mol. The summed E-state index contributed by atoms with van der Waals surface area (Å²) in [4.78, 5) is 13.3. The Hall–Kier alpha value is -0.650. The van der Waals surface area contributed by atoms with Gasteiger partial charge in [0.15, 0.2) is 0 Å². The molecule has 0 aromatic carbocycles. The Morgan fingerprint density at radius 3 is 2.62 bits per heavy atom. The Balaban J connectivity index is 3.15. The first kappa shape index (κ1) is 15.3. The first-order valence-electron chi connectivity index (χ1n) is 5.86. The molecule has 0 fully saturated rings. The van der Waals surface area contributed by atoms with E-state index in [9.17, 15) is 4.79 Å². The smallest absolute Gasteiger partial charge is 0.234 e. The lowest BCUT2D eigenvalue weighted by molar-refractivity contribution is -0.120. The van der Waals surface area contributed by atoms with Gasteiger partial charge < -0.3 is 20.3 Å². The summed E-state index contributed by atoms with van der Waals surface area (Å²) < 4.78 is 5.34. The molecule has 96 valence electrons. The number of carbonyl (C=O) groups excluding carboxylic acids is 1. The van der Waals surface area contributed by atoms with Gasteiger partial charge in [-0.15, -0.1) is 0 Å². The fourth-order valence-corrected chi connectivity index (χ4v) is 1.05. The van der Waals surface area contributed by atoms with E-state index in [1.807, 2.05) is 14.1 Å². The fourth-order valence-electron chi connectivity index (χ4n) is 1.05. The number of carbonyl (C=O) groups is 1. The predicted octanol–water partition coefficient (Wildman–Crippen LogP) is -0.320. The van der Waals surface area contributed by atoms with Crippen LogP contribution in [0, 0.1) is 0 Å². The summed E-state index contributed by atoms with van der Waals surface area (Å²) in [5.41, 5.74) is 0. The number of hydrogen-bond donors (Lipinski definition) is 2. The molecule has 0 spiro atoms. The third-order valence-electron chi connectivity index (χ3n) is 1.96. The zero-order valence-corrected chi connectivity index (χ0v) is 10.7. The molecule has 0 aromatic rings. The van der Waals surface area contributed by atoms with Crippen molar-refractivity contribution in [2.45, 2.75) is 13.3 Å². The molecular formula is C11H25N3O2. The fraction of sp³-hybridized carbons (Fsp3) is 0.909. The van der Waals surface area contributed by atoms with Gasteiger partial charge in [-0.3, -0.25) is 4.79 Å². The van der Waals surface area contributed by atoms with Gasteiger partial charge >= 0.3 is 0 Å². The van der Waals surface area contributed by atoms with Gasteiger partial charge in [0.25, 0.3) is 0 Å².